The standard InChI is InChI=1S/C20H19ClF3NO2/c21-16-10-4-2-8-14(16)18(25-12-6-5-11-17(25)19(26)27)13-7-1-3-9-15(13)20(22,23)24/h1-4,7-10,17-18H,5-6,11-12H2,(H,26,27). The summed E-state index contributed by atoms with van der Waals surface area (Å²) < 4.78 is 41.0. The van der Waals surface area contributed by atoms with Crippen LogP contribution in [0.2, 0.25) is 5.02 Å². The molecule has 1 heterocycles. The van der Waals surface area contributed by atoms with E-state index in [1.807, 2.05) is 0 Å². The highest BCUT2D eigenvalue weighted by molar-refractivity contribution is 6.31. The van der Waals surface area contributed by atoms with Gasteiger partial charge in [-0.15, -0.1) is 0 Å². The van der Waals surface area contributed by atoms with Crippen LogP contribution in [0.4, 0.5) is 13.2 Å². The molecule has 1 aliphatic heterocycles. The molecule has 2 atom stereocenters. The summed E-state index contributed by atoms with van der Waals surface area (Å²) in [5.41, 5.74) is -0.278. The van der Waals surface area contributed by atoms with E-state index >= 15 is 0 Å². The number of aliphatic carboxylic acids is 1. The molecule has 0 amide bonds. The fourth-order valence-electron chi connectivity index (χ4n) is 3.74. The second-order valence-corrected chi connectivity index (χ2v) is 7.00. The van der Waals surface area contributed by atoms with E-state index in [4.69, 9.17) is 11.6 Å². The smallest absolute Gasteiger partial charge is 0.416 e. The van der Waals surface area contributed by atoms with Gasteiger partial charge < -0.3 is 5.11 Å². The lowest BCUT2D eigenvalue weighted by Gasteiger charge is -2.40. The van der Waals surface area contributed by atoms with Crippen molar-refractivity contribution in [2.24, 2.45) is 0 Å². The van der Waals surface area contributed by atoms with Crippen molar-refractivity contribution >= 4 is 17.6 Å². The van der Waals surface area contributed by atoms with Gasteiger partial charge in [0.15, 0.2) is 0 Å². The second-order valence-electron chi connectivity index (χ2n) is 6.60. The number of carbonyl (C=O) groups is 1. The first-order valence-electron chi connectivity index (χ1n) is 8.70. The molecule has 0 radical (unpaired) electrons. The maximum atomic E-state index is 13.7. The molecule has 144 valence electrons. The molecule has 2 aromatic carbocycles. The molecular weight excluding hydrogens is 379 g/mol. The molecule has 2 unspecified atom stereocenters. The molecule has 2 aromatic rings. The molecule has 7 heteroatoms. The number of carboxylic acids is 1. The number of piperidine rings is 1. The highest BCUT2D eigenvalue weighted by Gasteiger charge is 2.41. The summed E-state index contributed by atoms with van der Waals surface area (Å²) in [4.78, 5) is 13.4. The van der Waals surface area contributed by atoms with Gasteiger partial charge in [0.2, 0.25) is 0 Å². The largest absolute Gasteiger partial charge is 0.480 e. The Bertz CT molecular complexity index is 825. The summed E-state index contributed by atoms with van der Waals surface area (Å²) in [6, 6.07) is 10.2. The maximum Gasteiger partial charge on any atom is 0.416 e. The third-order valence-electron chi connectivity index (χ3n) is 4.92. The number of rotatable bonds is 4. The number of alkyl halides is 3. The van der Waals surface area contributed by atoms with Crippen LogP contribution in [0.5, 0.6) is 0 Å². The summed E-state index contributed by atoms with van der Waals surface area (Å²) in [5, 5.41) is 9.97. The van der Waals surface area contributed by atoms with Gasteiger partial charge in [-0.25, -0.2) is 0 Å². The highest BCUT2D eigenvalue weighted by atomic mass is 35.5. The summed E-state index contributed by atoms with van der Waals surface area (Å²) in [6.45, 7) is 0.388. The first-order valence-corrected chi connectivity index (χ1v) is 9.07. The van der Waals surface area contributed by atoms with Crippen LogP contribution >= 0.6 is 11.6 Å². The van der Waals surface area contributed by atoms with Gasteiger partial charge in [0.05, 0.1) is 11.6 Å². The lowest BCUT2D eigenvalue weighted by molar-refractivity contribution is -0.145. The Balaban J connectivity index is 2.21. The van der Waals surface area contributed by atoms with E-state index in [0.717, 1.165) is 18.9 Å². The zero-order valence-electron chi connectivity index (χ0n) is 14.4. The molecule has 1 aliphatic rings. The number of benzene rings is 2. The average Bonchev–Trinajstić information content (AvgIpc) is 2.63. The zero-order chi connectivity index (χ0) is 19.6. The summed E-state index contributed by atoms with van der Waals surface area (Å²) in [7, 11) is 0. The van der Waals surface area contributed by atoms with Crippen molar-refractivity contribution in [2.75, 3.05) is 6.54 Å². The Hall–Kier alpha value is -2.05. The first kappa shape index (κ1) is 19.7. The van der Waals surface area contributed by atoms with Gasteiger partial charge in [-0.3, -0.25) is 9.69 Å². The molecule has 0 bridgehead atoms. The number of halogens is 4. The zero-order valence-corrected chi connectivity index (χ0v) is 15.2. The minimum absolute atomic E-state index is 0.0197. The van der Waals surface area contributed by atoms with Crippen LogP contribution in [-0.4, -0.2) is 28.6 Å². The highest BCUT2D eigenvalue weighted by Crippen LogP contribution is 2.42. The lowest BCUT2D eigenvalue weighted by atomic mass is 9.89. The molecule has 0 aliphatic carbocycles. The molecule has 3 rings (SSSR count). The topological polar surface area (TPSA) is 40.5 Å². The van der Waals surface area contributed by atoms with Gasteiger partial charge >= 0.3 is 12.1 Å². The van der Waals surface area contributed by atoms with E-state index in [1.165, 1.54) is 18.2 Å². The van der Waals surface area contributed by atoms with Crippen LogP contribution in [0.15, 0.2) is 48.5 Å². The van der Waals surface area contributed by atoms with Crippen LogP contribution in [-0.2, 0) is 11.0 Å². The first-order chi connectivity index (χ1) is 12.8. The van der Waals surface area contributed by atoms with Crippen molar-refractivity contribution in [3.63, 3.8) is 0 Å². The minimum atomic E-state index is -4.55. The maximum absolute atomic E-state index is 13.7. The third-order valence-corrected chi connectivity index (χ3v) is 5.27. The quantitative estimate of drug-likeness (QED) is 0.752. The summed E-state index contributed by atoms with van der Waals surface area (Å²) in [6.07, 6.45) is -2.71. The second kappa shape index (κ2) is 7.90. The van der Waals surface area contributed by atoms with Crippen LogP contribution in [0.3, 0.4) is 0 Å². The Morgan fingerprint density at radius 1 is 1.07 bits per heavy atom. The number of hydrogen-bond acceptors (Lipinski definition) is 2. The molecule has 0 aromatic heterocycles. The fraction of sp³-hybridized carbons (Fsp3) is 0.350. The van der Waals surface area contributed by atoms with E-state index < -0.39 is 29.8 Å². The Labute approximate surface area is 160 Å². The molecule has 27 heavy (non-hydrogen) atoms. The van der Waals surface area contributed by atoms with Crippen LogP contribution in [0.1, 0.15) is 42.0 Å². The van der Waals surface area contributed by atoms with Gasteiger partial charge in [-0.2, -0.15) is 13.2 Å². The predicted octanol–water partition coefficient (Wildman–Crippen LogP) is 5.39. The third kappa shape index (κ3) is 4.12. The van der Waals surface area contributed by atoms with Crippen LogP contribution < -0.4 is 0 Å². The number of likely N-dealkylation sites (tertiary alicyclic amines) is 1. The van der Waals surface area contributed by atoms with Gasteiger partial charge in [0.25, 0.3) is 0 Å². The van der Waals surface area contributed by atoms with Crippen molar-refractivity contribution < 1.29 is 23.1 Å². The van der Waals surface area contributed by atoms with Crippen molar-refractivity contribution in [1.29, 1.82) is 0 Å². The lowest BCUT2D eigenvalue weighted by Crippen LogP contribution is -2.47. The van der Waals surface area contributed by atoms with Crippen LogP contribution in [0.25, 0.3) is 0 Å². The van der Waals surface area contributed by atoms with E-state index in [-0.39, 0.29) is 5.56 Å². The van der Waals surface area contributed by atoms with Crippen molar-refractivity contribution in [1.82, 2.24) is 4.90 Å². The summed E-state index contributed by atoms with van der Waals surface area (Å²) >= 11 is 6.33. The molecule has 0 spiro atoms. The Morgan fingerprint density at radius 3 is 2.33 bits per heavy atom. The Kier molecular flexibility index (Phi) is 5.77. The number of hydrogen-bond donors (Lipinski definition) is 1. The molecule has 1 fully saturated rings. The fourth-order valence-corrected chi connectivity index (χ4v) is 3.98. The van der Waals surface area contributed by atoms with E-state index in [2.05, 4.69) is 0 Å². The number of nitrogens with zero attached hydrogens (tertiary/aromatic N) is 1. The molecule has 1 saturated heterocycles. The van der Waals surface area contributed by atoms with Crippen molar-refractivity contribution in [3.05, 3.63) is 70.2 Å². The van der Waals surface area contributed by atoms with Crippen molar-refractivity contribution in [3.8, 4) is 0 Å². The van der Waals surface area contributed by atoms with Gasteiger partial charge in [-0.05, 0) is 42.6 Å². The average molecular weight is 398 g/mol. The number of carboxylic acid groups (broad SMARTS) is 1. The normalized spacial score (nSPS) is 19.6. The van der Waals surface area contributed by atoms with Gasteiger partial charge in [0.1, 0.15) is 6.04 Å². The summed E-state index contributed by atoms with van der Waals surface area (Å²) in [5.74, 6) is -1.03. The van der Waals surface area contributed by atoms with Gasteiger partial charge in [0, 0.05) is 5.02 Å². The van der Waals surface area contributed by atoms with Gasteiger partial charge in [-0.1, -0.05) is 54.4 Å². The van der Waals surface area contributed by atoms with E-state index in [9.17, 15) is 23.1 Å². The molecule has 3 nitrogen and oxygen atoms in total. The molecule has 1 N–H and O–H groups in total. The van der Waals surface area contributed by atoms with Crippen LogP contribution in [0, 0.1) is 0 Å². The molecular formula is C20H19ClF3NO2. The minimum Gasteiger partial charge on any atom is -0.480 e. The van der Waals surface area contributed by atoms with E-state index in [0.29, 0.717) is 23.6 Å². The predicted molar refractivity (Wildman–Crippen MR) is 96.7 cm³/mol. The van der Waals surface area contributed by atoms with E-state index in [1.54, 1.807) is 29.2 Å². The Morgan fingerprint density at radius 2 is 1.70 bits per heavy atom. The molecule has 0 saturated carbocycles. The monoisotopic (exact) mass is 397 g/mol. The SMILES string of the molecule is O=C(O)C1CCCCN1C(c1ccccc1Cl)c1ccccc1C(F)(F)F. The van der Waals surface area contributed by atoms with Crippen molar-refractivity contribution in [2.45, 2.75) is 37.5 Å².